The lowest BCUT2D eigenvalue weighted by Gasteiger charge is -2.30. The second-order valence-corrected chi connectivity index (χ2v) is 7.47. The van der Waals surface area contributed by atoms with E-state index in [1.54, 1.807) is 24.3 Å². The van der Waals surface area contributed by atoms with Gasteiger partial charge in [-0.05, 0) is 56.9 Å². The first kappa shape index (κ1) is 19.0. The summed E-state index contributed by atoms with van der Waals surface area (Å²) in [5, 5.41) is 11.7. The van der Waals surface area contributed by atoms with Crippen LogP contribution in [0.4, 0.5) is 5.69 Å². The lowest BCUT2D eigenvalue weighted by atomic mass is 9.89. The van der Waals surface area contributed by atoms with E-state index < -0.39 is 11.4 Å². The molecule has 2 amide bonds. The molecule has 0 aromatic heterocycles. The monoisotopic (exact) mass is 346 g/mol. The Hall–Kier alpha value is -2.37. The first-order valence-corrected chi connectivity index (χ1v) is 8.61. The molecule has 0 saturated carbocycles. The summed E-state index contributed by atoms with van der Waals surface area (Å²) in [6.45, 7) is 6.78. The zero-order valence-electron chi connectivity index (χ0n) is 15.0. The first-order valence-electron chi connectivity index (χ1n) is 8.61. The van der Waals surface area contributed by atoms with Gasteiger partial charge in [0, 0.05) is 30.8 Å². The van der Waals surface area contributed by atoms with Crippen molar-refractivity contribution in [2.45, 2.75) is 40.0 Å². The highest BCUT2D eigenvalue weighted by molar-refractivity contribution is 5.96. The summed E-state index contributed by atoms with van der Waals surface area (Å²) in [7, 11) is 0. The normalized spacial score (nSPS) is 15.7. The number of rotatable bonds is 5. The molecule has 1 aromatic rings. The summed E-state index contributed by atoms with van der Waals surface area (Å²) in [6.07, 6.45) is 1.94. The molecule has 2 rings (SSSR count). The number of hydrogen-bond acceptors (Lipinski definition) is 3. The molecule has 1 aliphatic rings. The Morgan fingerprint density at radius 1 is 1.16 bits per heavy atom. The summed E-state index contributed by atoms with van der Waals surface area (Å²) in [5.41, 5.74) is 0.0270. The van der Waals surface area contributed by atoms with E-state index in [1.165, 1.54) is 13.8 Å². The molecule has 0 unspecified atom stereocenters. The van der Waals surface area contributed by atoms with Crippen LogP contribution in [0.5, 0.6) is 0 Å². The van der Waals surface area contributed by atoms with Gasteiger partial charge in [-0.2, -0.15) is 0 Å². The summed E-state index contributed by atoms with van der Waals surface area (Å²) in [4.78, 5) is 37.4. The van der Waals surface area contributed by atoms with Crippen molar-refractivity contribution in [1.82, 2.24) is 4.90 Å². The SMILES string of the molecule is CC1CCN(C(=O)c2ccc(NC(=O)CC(C)(C)C(=O)O)cc2)CC1. The second-order valence-electron chi connectivity index (χ2n) is 7.47. The van der Waals surface area contributed by atoms with Gasteiger partial charge in [-0.1, -0.05) is 6.92 Å². The number of amides is 2. The summed E-state index contributed by atoms with van der Waals surface area (Å²) >= 11 is 0. The van der Waals surface area contributed by atoms with Gasteiger partial charge in [-0.25, -0.2) is 0 Å². The lowest BCUT2D eigenvalue weighted by molar-refractivity contribution is -0.148. The zero-order chi connectivity index (χ0) is 18.6. The Kier molecular flexibility index (Phi) is 5.82. The summed E-state index contributed by atoms with van der Waals surface area (Å²) in [6, 6.07) is 6.73. The van der Waals surface area contributed by atoms with Gasteiger partial charge in [0.15, 0.2) is 0 Å². The topological polar surface area (TPSA) is 86.7 Å². The van der Waals surface area contributed by atoms with Crippen molar-refractivity contribution < 1.29 is 19.5 Å². The number of anilines is 1. The lowest BCUT2D eigenvalue weighted by Crippen LogP contribution is -2.37. The van der Waals surface area contributed by atoms with Crippen LogP contribution in [-0.4, -0.2) is 40.9 Å². The van der Waals surface area contributed by atoms with Gasteiger partial charge in [0.2, 0.25) is 5.91 Å². The number of carboxylic acid groups (broad SMARTS) is 1. The van der Waals surface area contributed by atoms with E-state index in [0.717, 1.165) is 25.9 Å². The van der Waals surface area contributed by atoms with E-state index in [1.807, 2.05) is 4.90 Å². The zero-order valence-corrected chi connectivity index (χ0v) is 15.0. The Balaban J connectivity index is 1.94. The minimum atomic E-state index is -1.12. The van der Waals surface area contributed by atoms with Crippen LogP contribution in [0.25, 0.3) is 0 Å². The molecule has 0 bridgehead atoms. The average Bonchev–Trinajstić information content (AvgIpc) is 2.55. The standard InChI is InChI=1S/C19H26N2O4/c1-13-8-10-21(11-9-13)17(23)14-4-6-15(7-5-14)20-16(22)12-19(2,3)18(24)25/h4-7,13H,8-12H2,1-3H3,(H,20,22)(H,24,25). The highest BCUT2D eigenvalue weighted by atomic mass is 16.4. The molecule has 1 aliphatic heterocycles. The molecule has 2 N–H and O–H groups in total. The number of carbonyl (C=O) groups is 3. The highest BCUT2D eigenvalue weighted by Gasteiger charge is 2.30. The molecular formula is C19H26N2O4. The number of carbonyl (C=O) groups excluding carboxylic acids is 2. The van der Waals surface area contributed by atoms with Crippen LogP contribution in [0.1, 0.15) is 50.4 Å². The maximum atomic E-state index is 12.5. The number of hydrogen-bond donors (Lipinski definition) is 2. The molecule has 1 saturated heterocycles. The Bertz CT molecular complexity index is 644. The van der Waals surface area contributed by atoms with E-state index in [9.17, 15) is 14.4 Å². The van der Waals surface area contributed by atoms with Crippen molar-refractivity contribution in [1.29, 1.82) is 0 Å². The average molecular weight is 346 g/mol. The maximum absolute atomic E-state index is 12.5. The Morgan fingerprint density at radius 3 is 2.24 bits per heavy atom. The first-order chi connectivity index (χ1) is 11.7. The fourth-order valence-corrected chi connectivity index (χ4v) is 2.77. The van der Waals surface area contributed by atoms with Crippen LogP contribution in [-0.2, 0) is 9.59 Å². The van der Waals surface area contributed by atoms with Crippen molar-refractivity contribution in [2.24, 2.45) is 11.3 Å². The van der Waals surface area contributed by atoms with Crippen LogP contribution < -0.4 is 5.32 Å². The van der Waals surface area contributed by atoms with Crippen LogP contribution in [0.3, 0.4) is 0 Å². The molecule has 0 radical (unpaired) electrons. The van der Waals surface area contributed by atoms with Crippen LogP contribution >= 0.6 is 0 Å². The van der Waals surface area contributed by atoms with Gasteiger partial charge >= 0.3 is 5.97 Å². The molecular weight excluding hydrogens is 320 g/mol. The van der Waals surface area contributed by atoms with Gasteiger partial charge in [0.05, 0.1) is 5.41 Å². The fourth-order valence-electron chi connectivity index (χ4n) is 2.77. The van der Waals surface area contributed by atoms with Crippen LogP contribution in [0.2, 0.25) is 0 Å². The minimum Gasteiger partial charge on any atom is -0.481 e. The number of aliphatic carboxylic acids is 1. The second kappa shape index (κ2) is 7.68. The predicted molar refractivity (Wildman–Crippen MR) is 95.4 cm³/mol. The van der Waals surface area contributed by atoms with Gasteiger partial charge in [-0.3, -0.25) is 14.4 Å². The van der Waals surface area contributed by atoms with Gasteiger partial charge in [0.25, 0.3) is 5.91 Å². The molecule has 25 heavy (non-hydrogen) atoms. The third-order valence-electron chi connectivity index (χ3n) is 4.67. The van der Waals surface area contributed by atoms with Gasteiger partial charge < -0.3 is 15.3 Å². The highest BCUT2D eigenvalue weighted by Crippen LogP contribution is 2.22. The van der Waals surface area contributed by atoms with Gasteiger partial charge in [-0.15, -0.1) is 0 Å². The van der Waals surface area contributed by atoms with E-state index in [0.29, 0.717) is 17.2 Å². The Labute approximate surface area is 148 Å². The molecule has 1 fully saturated rings. The van der Waals surface area contributed by atoms with Gasteiger partial charge in [0.1, 0.15) is 0 Å². The van der Waals surface area contributed by atoms with Crippen molar-refractivity contribution in [3.05, 3.63) is 29.8 Å². The van der Waals surface area contributed by atoms with E-state index in [4.69, 9.17) is 5.11 Å². The number of carboxylic acids is 1. The predicted octanol–water partition coefficient (Wildman–Crippen LogP) is 3.00. The van der Waals surface area contributed by atoms with Crippen LogP contribution in [0, 0.1) is 11.3 Å². The molecule has 1 heterocycles. The third-order valence-corrected chi connectivity index (χ3v) is 4.67. The number of nitrogens with one attached hydrogen (secondary N) is 1. The molecule has 6 nitrogen and oxygen atoms in total. The van der Waals surface area contributed by atoms with Crippen LogP contribution in [0.15, 0.2) is 24.3 Å². The third kappa shape index (κ3) is 5.05. The number of likely N-dealkylation sites (tertiary alicyclic amines) is 1. The number of nitrogens with zero attached hydrogens (tertiary/aromatic N) is 1. The van der Waals surface area contributed by atoms with E-state index in [-0.39, 0.29) is 18.2 Å². The molecule has 6 heteroatoms. The Morgan fingerprint density at radius 2 is 1.72 bits per heavy atom. The number of piperidine rings is 1. The molecule has 136 valence electrons. The number of benzene rings is 1. The van der Waals surface area contributed by atoms with E-state index >= 15 is 0 Å². The summed E-state index contributed by atoms with van der Waals surface area (Å²) in [5.74, 6) is -0.704. The van der Waals surface area contributed by atoms with Crippen molar-refractivity contribution >= 4 is 23.5 Å². The molecule has 0 spiro atoms. The summed E-state index contributed by atoms with van der Waals surface area (Å²) < 4.78 is 0. The largest absolute Gasteiger partial charge is 0.481 e. The fraction of sp³-hybridized carbons (Fsp3) is 0.526. The quantitative estimate of drug-likeness (QED) is 0.858. The smallest absolute Gasteiger partial charge is 0.309 e. The maximum Gasteiger partial charge on any atom is 0.309 e. The molecule has 0 aliphatic carbocycles. The molecule has 0 atom stereocenters. The van der Waals surface area contributed by atoms with Crippen molar-refractivity contribution in [3.63, 3.8) is 0 Å². The minimum absolute atomic E-state index is 0.0109. The van der Waals surface area contributed by atoms with Crippen molar-refractivity contribution in [3.8, 4) is 0 Å². The van der Waals surface area contributed by atoms with E-state index in [2.05, 4.69) is 12.2 Å². The van der Waals surface area contributed by atoms with Crippen molar-refractivity contribution in [2.75, 3.05) is 18.4 Å². The molecule has 1 aromatic carbocycles.